The van der Waals surface area contributed by atoms with Gasteiger partial charge in [0.2, 0.25) is 0 Å². The van der Waals surface area contributed by atoms with Crippen LogP contribution in [0.3, 0.4) is 0 Å². The number of nitriles is 1. The van der Waals surface area contributed by atoms with Crippen molar-refractivity contribution < 1.29 is 5.11 Å². The van der Waals surface area contributed by atoms with Crippen molar-refractivity contribution in [2.75, 3.05) is 18.1 Å². The smallest absolute Gasteiger partial charge is 0.0998 e. The van der Waals surface area contributed by atoms with Gasteiger partial charge >= 0.3 is 0 Å². The number of rotatable bonds is 2. The molecule has 2 unspecified atom stereocenters. The number of nitrogens with zero attached hydrogens (tertiary/aromatic N) is 2. The largest absolute Gasteiger partial charge is 0.394 e. The van der Waals surface area contributed by atoms with Crippen molar-refractivity contribution in [1.82, 2.24) is 0 Å². The summed E-state index contributed by atoms with van der Waals surface area (Å²) in [6.45, 7) is 3.32. The van der Waals surface area contributed by atoms with Crippen molar-refractivity contribution in [2.24, 2.45) is 5.92 Å². The van der Waals surface area contributed by atoms with E-state index in [1.165, 1.54) is 0 Å². The zero-order valence-corrected chi connectivity index (χ0v) is 11.6. The van der Waals surface area contributed by atoms with Crippen LogP contribution in [0.2, 0.25) is 0 Å². The molecular formula is C17H18N2O. The zero-order chi connectivity index (χ0) is 14.1. The quantitative estimate of drug-likeness (QED) is 0.909. The van der Waals surface area contributed by atoms with Crippen LogP contribution in [0.4, 0.5) is 5.69 Å². The van der Waals surface area contributed by atoms with E-state index in [1.807, 2.05) is 30.3 Å². The van der Waals surface area contributed by atoms with Gasteiger partial charge in [-0.25, -0.2) is 0 Å². The van der Waals surface area contributed by atoms with Crippen LogP contribution in [0.1, 0.15) is 18.9 Å². The molecule has 0 aliphatic carbocycles. The van der Waals surface area contributed by atoms with Crippen LogP contribution in [0.5, 0.6) is 0 Å². The molecule has 1 heterocycles. The molecule has 102 valence electrons. The van der Waals surface area contributed by atoms with Gasteiger partial charge < -0.3 is 10.0 Å². The molecule has 2 aromatic carbocycles. The number of fused-ring (bicyclic) bond motifs is 1. The van der Waals surface area contributed by atoms with Crippen molar-refractivity contribution >= 4 is 16.5 Å². The van der Waals surface area contributed by atoms with Crippen LogP contribution in [0.25, 0.3) is 10.8 Å². The average molecular weight is 266 g/mol. The lowest BCUT2D eigenvalue weighted by atomic mass is 10.0. The normalized spacial score (nSPS) is 22.1. The molecule has 0 spiro atoms. The first-order valence-electron chi connectivity index (χ1n) is 7.05. The van der Waals surface area contributed by atoms with Crippen molar-refractivity contribution in [3.8, 4) is 6.07 Å². The molecule has 3 rings (SSSR count). The Labute approximate surface area is 119 Å². The Bertz CT molecular complexity index is 674. The standard InChI is InChI=1S/C17H18N2O/c1-12-8-9-19(17(12)11-20)16-7-6-13(10-18)14-4-2-3-5-15(14)16/h2-7,12,17,20H,8-9,11H2,1H3. The summed E-state index contributed by atoms with van der Waals surface area (Å²) in [5.41, 5.74) is 1.83. The van der Waals surface area contributed by atoms with E-state index in [1.54, 1.807) is 0 Å². The van der Waals surface area contributed by atoms with E-state index in [0.29, 0.717) is 11.5 Å². The molecule has 1 aliphatic heterocycles. The maximum Gasteiger partial charge on any atom is 0.0998 e. The van der Waals surface area contributed by atoms with E-state index in [-0.39, 0.29) is 12.6 Å². The van der Waals surface area contributed by atoms with Gasteiger partial charge in [0.05, 0.1) is 24.3 Å². The SMILES string of the molecule is CC1CCN(c2ccc(C#N)c3ccccc23)C1CO. The van der Waals surface area contributed by atoms with Crippen LogP contribution in [-0.4, -0.2) is 24.3 Å². The van der Waals surface area contributed by atoms with Gasteiger partial charge in [-0.3, -0.25) is 0 Å². The van der Waals surface area contributed by atoms with Crippen molar-refractivity contribution in [3.63, 3.8) is 0 Å². The van der Waals surface area contributed by atoms with Crippen LogP contribution in [-0.2, 0) is 0 Å². The zero-order valence-electron chi connectivity index (χ0n) is 11.6. The predicted molar refractivity (Wildman–Crippen MR) is 80.7 cm³/mol. The fourth-order valence-corrected chi connectivity index (χ4v) is 3.22. The molecule has 0 aromatic heterocycles. The second-order valence-corrected chi connectivity index (χ2v) is 5.50. The Kier molecular flexibility index (Phi) is 3.33. The maximum absolute atomic E-state index is 9.65. The molecule has 3 heteroatoms. The number of aliphatic hydroxyl groups excluding tert-OH is 1. The van der Waals surface area contributed by atoms with E-state index in [4.69, 9.17) is 0 Å². The fraction of sp³-hybridized carbons (Fsp3) is 0.353. The lowest BCUT2D eigenvalue weighted by Crippen LogP contribution is -2.35. The van der Waals surface area contributed by atoms with Gasteiger partial charge in [-0.2, -0.15) is 5.26 Å². The molecule has 1 saturated heterocycles. The third-order valence-electron chi connectivity index (χ3n) is 4.40. The molecule has 1 aliphatic rings. The Morgan fingerprint density at radius 2 is 2.00 bits per heavy atom. The van der Waals surface area contributed by atoms with Crippen LogP contribution in [0.15, 0.2) is 36.4 Å². The highest BCUT2D eigenvalue weighted by Gasteiger charge is 2.31. The molecule has 2 atom stereocenters. The lowest BCUT2D eigenvalue weighted by molar-refractivity contribution is 0.245. The van der Waals surface area contributed by atoms with Gasteiger partial charge in [0.15, 0.2) is 0 Å². The van der Waals surface area contributed by atoms with E-state index >= 15 is 0 Å². The Morgan fingerprint density at radius 1 is 1.25 bits per heavy atom. The lowest BCUT2D eigenvalue weighted by Gasteiger charge is -2.28. The summed E-state index contributed by atoms with van der Waals surface area (Å²) in [4.78, 5) is 2.29. The van der Waals surface area contributed by atoms with E-state index in [9.17, 15) is 10.4 Å². The molecule has 20 heavy (non-hydrogen) atoms. The fourth-order valence-electron chi connectivity index (χ4n) is 3.22. The van der Waals surface area contributed by atoms with Gasteiger partial charge in [-0.1, -0.05) is 31.2 Å². The summed E-state index contributed by atoms with van der Waals surface area (Å²) in [5.74, 6) is 0.495. The Morgan fingerprint density at radius 3 is 2.70 bits per heavy atom. The van der Waals surface area contributed by atoms with Gasteiger partial charge in [-0.15, -0.1) is 0 Å². The first kappa shape index (κ1) is 13.0. The first-order valence-corrected chi connectivity index (χ1v) is 7.05. The summed E-state index contributed by atoms with van der Waals surface area (Å²) in [6.07, 6.45) is 1.10. The molecular weight excluding hydrogens is 248 g/mol. The summed E-state index contributed by atoms with van der Waals surface area (Å²) in [6, 6.07) is 14.3. The second kappa shape index (κ2) is 5.15. The maximum atomic E-state index is 9.65. The number of benzene rings is 2. The van der Waals surface area contributed by atoms with Gasteiger partial charge in [0.25, 0.3) is 0 Å². The van der Waals surface area contributed by atoms with E-state index < -0.39 is 0 Å². The molecule has 0 bridgehead atoms. The van der Waals surface area contributed by atoms with Crippen LogP contribution in [0, 0.1) is 17.2 Å². The van der Waals surface area contributed by atoms with Crippen molar-refractivity contribution in [1.29, 1.82) is 5.26 Å². The minimum absolute atomic E-state index is 0.173. The average Bonchev–Trinajstić information content (AvgIpc) is 2.86. The monoisotopic (exact) mass is 266 g/mol. The number of anilines is 1. The molecule has 3 nitrogen and oxygen atoms in total. The van der Waals surface area contributed by atoms with Crippen molar-refractivity contribution in [3.05, 3.63) is 42.0 Å². The summed E-state index contributed by atoms with van der Waals surface area (Å²) < 4.78 is 0. The number of aliphatic hydroxyl groups is 1. The van der Waals surface area contributed by atoms with Crippen molar-refractivity contribution in [2.45, 2.75) is 19.4 Å². The Hall–Kier alpha value is -2.05. The predicted octanol–water partition coefficient (Wildman–Crippen LogP) is 2.92. The van der Waals surface area contributed by atoms with Gasteiger partial charge in [-0.05, 0) is 24.5 Å². The third-order valence-corrected chi connectivity index (χ3v) is 4.40. The van der Waals surface area contributed by atoms with E-state index in [2.05, 4.69) is 24.0 Å². The second-order valence-electron chi connectivity index (χ2n) is 5.50. The highest BCUT2D eigenvalue weighted by Crippen LogP contribution is 2.35. The molecule has 1 N–H and O–H groups in total. The minimum Gasteiger partial charge on any atom is -0.394 e. The Balaban J connectivity index is 2.16. The summed E-state index contributed by atoms with van der Waals surface area (Å²) in [5, 5.41) is 21.0. The molecule has 0 radical (unpaired) electrons. The minimum atomic E-state index is 0.173. The van der Waals surface area contributed by atoms with Crippen LogP contribution < -0.4 is 4.90 Å². The molecule has 0 saturated carbocycles. The molecule has 1 fully saturated rings. The van der Waals surface area contributed by atoms with Gasteiger partial charge in [0, 0.05) is 23.0 Å². The summed E-state index contributed by atoms with van der Waals surface area (Å²) >= 11 is 0. The number of hydrogen-bond donors (Lipinski definition) is 1. The third kappa shape index (κ3) is 1.93. The number of hydrogen-bond acceptors (Lipinski definition) is 3. The summed E-state index contributed by atoms with van der Waals surface area (Å²) in [7, 11) is 0. The van der Waals surface area contributed by atoms with Gasteiger partial charge in [0.1, 0.15) is 0 Å². The highest BCUT2D eigenvalue weighted by molar-refractivity contribution is 5.98. The topological polar surface area (TPSA) is 47.3 Å². The molecule has 0 amide bonds. The van der Waals surface area contributed by atoms with Crippen LogP contribution >= 0.6 is 0 Å². The highest BCUT2D eigenvalue weighted by atomic mass is 16.3. The first-order chi connectivity index (χ1) is 9.76. The van der Waals surface area contributed by atoms with E-state index in [0.717, 1.165) is 29.4 Å². The molecule has 2 aromatic rings.